The number of aryl methyl sites for hydroxylation is 1. The van der Waals surface area contributed by atoms with Gasteiger partial charge in [-0.2, -0.15) is 5.10 Å². The zero-order valence-corrected chi connectivity index (χ0v) is 12.9. The van der Waals surface area contributed by atoms with Crippen LogP contribution < -0.4 is 0 Å². The van der Waals surface area contributed by atoms with Gasteiger partial charge in [0.05, 0.1) is 17.0 Å². The molecule has 0 spiro atoms. The van der Waals surface area contributed by atoms with Crippen LogP contribution in [0.3, 0.4) is 0 Å². The second kappa shape index (κ2) is 4.34. The molecule has 1 aromatic heterocycles. The fourth-order valence-electron chi connectivity index (χ4n) is 2.37. The lowest BCUT2D eigenvalue weighted by atomic mass is 9.85. The van der Waals surface area contributed by atoms with Crippen molar-refractivity contribution in [1.29, 1.82) is 0 Å². The summed E-state index contributed by atoms with van der Waals surface area (Å²) in [5.41, 5.74) is 2.83. The molecule has 0 aliphatic rings. The predicted octanol–water partition coefficient (Wildman–Crippen LogP) is 2.42. The average molecular weight is 280 g/mol. The minimum Gasteiger partial charge on any atom is -0.267 e. The lowest BCUT2D eigenvalue weighted by molar-refractivity contribution is 0.589. The highest BCUT2D eigenvalue weighted by molar-refractivity contribution is 7.89. The normalized spacial score (nSPS) is 13.1. The number of nitrogens with zero attached hydrogens (tertiary/aromatic N) is 2. The van der Waals surface area contributed by atoms with E-state index in [0.29, 0.717) is 5.69 Å². The molecule has 0 bridgehead atoms. The summed E-state index contributed by atoms with van der Waals surface area (Å²) in [6, 6.07) is 5.99. The van der Waals surface area contributed by atoms with Gasteiger partial charge in [0.25, 0.3) is 0 Å². The number of aromatic nitrogens is 2. The van der Waals surface area contributed by atoms with Crippen molar-refractivity contribution in [3.63, 3.8) is 0 Å². The van der Waals surface area contributed by atoms with Gasteiger partial charge in [-0.1, -0.05) is 39.0 Å². The number of rotatable bonds is 2. The van der Waals surface area contributed by atoms with Crippen molar-refractivity contribution in [3.05, 3.63) is 29.5 Å². The Labute approximate surface area is 114 Å². The van der Waals surface area contributed by atoms with Crippen LogP contribution in [0.2, 0.25) is 0 Å². The molecular formula is C14H20N2O2S. The predicted molar refractivity (Wildman–Crippen MR) is 78.0 cm³/mol. The zero-order valence-electron chi connectivity index (χ0n) is 12.1. The van der Waals surface area contributed by atoms with Gasteiger partial charge in [0.1, 0.15) is 0 Å². The SMILES string of the molecule is Cn1nc(CS(C)(=O)=O)c2cccc(C(C)(C)C)c21. The minimum atomic E-state index is -3.08. The zero-order chi connectivity index (χ0) is 14.4. The van der Waals surface area contributed by atoms with Crippen molar-refractivity contribution < 1.29 is 8.42 Å². The summed E-state index contributed by atoms with van der Waals surface area (Å²) < 4.78 is 24.8. The first-order valence-electron chi connectivity index (χ1n) is 6.22. The van der Waals surface area contributed by atoms with E-state index in [1.54, 1.807) is 4.68 Å². The molecule has 5 heteroatoms. The molecule has 104 valence electrons. The number of para-hydroxylation sites is 1. The van der Waals surface area contributed by atoms with E-state index < -0.39 is 9.84 Å². The molecule has 0 aliphatic heterocycles. The van der Waals surface area contributed by atoms with Gasteiger partial charge in [-0.3, -0.25) is 4.68 Å². The molecule has 4 nitrogen and oxygen atoms in total. The number of hydrogen-bond acceptors (Lipinski definition) is 3. The molecule has 0 N–H and O–H groups in total. The van der Waals surface area contributed by atoms with Gasteiger partial charge in [-0.05, 0) is 11.0 Å². The lowest BCUT2D eigenvalue weighted by Gasteiger charge is -2.20. The Morgan fingerprint density at radius 3 is 2.42 bits per heavy atom. The van der Waals surface area contributed by atoms with Gasteiger partial charge in [0.15, 0.2) is 9.84 Å². The Bertz CT molecular complexity index is 722. The fraction of sp³-hybridized carbons (Fsp3) is 0.500. The maximum absolute atomic E-state index is 11.5. The molecule has 19 heavy (non-hydrogen) atoms. The molecule has 1 aromatic carbocycles. The van der Waals surface area contributed by atoms with Crippen LogP contribution in [0, 0.1) is 0 Å². The monoisotopic (exact) mass is 280 g/mol. The largest absolute Gasteiger partial charge is 0.267 e. The highest BCUT2D eigenvalue weighted by atomic mass is 32.2. The van der Waals surface area contributed by atoms with Crippen LogP contribution in [0.1, 0.15) is 32.0 Å². The molecule has 0 unspecified atom stereocenters. The van der Waals surface area contributed by atoms with Crippen molar-refractivity contribution in [1.82, 2.24) is 9.78 Å². The van der Waals surface area contributed by atoms with Crippen LogP contribution in [0.15, 0.2) is 18.2 Å². The molecule has 0 radical (unpaired) electrons. The van der Waals surface area contributed by atoms with E-state index in [9.17, 15) is 8.42 Å². The standard InChI is InChI=1S/C14H20N2O2S/c1-14(2,3)11-8-6-7-10-12(9-19(5,17)18)15-16(4)13(10)11/h6-8H,9H2,1-5H3. The van der Waals surface area contributed by atoms with E-state index in [1.807, 2.05) is 19.2 Å². The number of hydrogen-bond donors (Lipinski definition) is 0. The molecule has 0 amide bonds. The molecule has 0 fully saturated rings. The van der Waals surface area contributed by atoms with Gasteiger partial charge < -0.3 is 0 Å². The van der Waals surface area contributed by atoms with Crippen molar-refractivity contribution >= 4 is 20.7 Å². The second-order valence-corrected chi connectivity index (χ2v) is 8.23. The van der Waals surface area contributed by atoms with E-state index in [4.69, 9.17) is 0 Å². The van der Waals surface area contributed by atoms with Crippen LogP contribution in [-0.4, -0.2) is 24.5 Å². The molecule has 2 rings (SSSR count). The smallest absolute Gasteiger partial charge is 0.153 e. The van der Waals surface area contributed by atoms with E-state index in [0.717, 1.165) is 10.9 Å². The van der Waals surface area contributed by atoms with Gasteiger partial charge >= 0.3 is 0 Å². The highest BCUT2D eigenvalue weighted by Gasteiger charge is 2.21. The Hall–Kier alpha value is -1.36. The fourth-order valence-corrected chi connectivity index (χ4v) is 3.08. The quantitative estimate of drug-likeness (QED) is 0.849. The van der Waals surface area contributed by atoms with Gasteiger partial charge in [-0.25, -0.2) is 8.42 Å². The molecule has 0 saturated heterocycles. The summed E-state index contributed by atoms with van der Waals surface area (Å²) >= 11 is 0. The highest BCUT2D eigenvalue weighted by Crippen LogP contribution is 2.31. The summed E-state index contributed by atoms with van der Waals surface area (Å²) in [5, 5.41) is 5.32. The Morgan fingerprint density at radius 1 is 1.26 bits per heavy atom. The second-order valence-electron chi connectivity index (χ2n) is 6.09. The van der Waals surface area contributed by atoms with Crippen LogP contribution >= 0.6 is 0 Å². The summed E-state index contributed by atoms with van der Waals surface area (Å²) in [7, 11) is -1.22. The third kappa shape index (κ3) is 2.81. The maximum Gasteiger partial charge on any atom is 0.153 e. The van der Waals surface area contributed by atoms with Crippen molar-refractivity contribution in [2.75, 3.05) is 6.26 Å². The van der Waals surface area contributed by atoms with E-state index in [1.165, 1.54) is 11.8 Å². The van der Waals surface area contributed by atoms with Crippen LogP contribution in [0.4, 0.5) is 0 Å². The number of fused-ring (bicyclic) bond motifs is 1. The van der Waals surface area contributed by atoms with E-state index in [-0.39, 0.29) is 11.2 Å². The third-order valence-corrected chi connectivity index (χ3v) is 3.95. The molecule has 0 aliphatic carbocycles. The first-order valence-corrected chi connectivity index (χ1v) is 8.28. The summed E-state index contributed by atoms with van der Waals surface area (Å²) in [4.78, 5) is 0. The average Bonchev–Trinajstić information content (AvgIpc) is 2.52. The van der Waals surface area contributed by atoms with Crippen LogP contribution in [0.5, 0.6) is 0 Å². The van der Waals surface area contributed by atoms with Crippen LogP contribution in [0.25, 0.3) is 10.9 Å². The molecular weight excluding hydrogens is 260 g/mol. The summed E-state index contributed by atoms with van der Waals surface area (Å²) in [6.07, 6.45) is 1.24. The molecule has 1 heterocycles. The van der Waals surface area contributed by atoms with Gasteiger partial charge in [0.2, 0.25) is 0 Å². The Kier molecular flexibility index (Phi) is 3.21. The first kappa shape index (κ1) is 14.1. The van der Waals surface area contributed by atoms with Crippen LogP contribution in [-0.2, 0) is 28.1 Å². The number of sulfone groups is 1. The van der Waals surface area contributed by atoms with Gasteiger partial charge in [-0.15, -0.1) is 0 Å². The lowest BCUT2D eigenvalue weighted by Crippen LogP contribution is -2.12. The first-order chi connectivity index (χ1) is 8.59. The van der Waals surface area contributed by atoms with Crippen molar-refractivity contribution in [3.8, 4) is 0 Å². The third-order valence-electron chi connectivity index (χ3n) is 3.15. The van der Waals surface area contributed by atoms with Gasteiger partial charge in [0, 0.05) is 18.7 Å². The molecule has 0 atom stereocenters. The topological polar surface area (TPSA) is 52.0 Å². The Morgan fingerprint density at radius 2 is 1.89 bits per heavy atom. The van der Waals surface area contributed by atoms with E-state index >= 15 is 0 Å². The summed E-state index contributed by atoms with van der Waals surface area (Å²) in [5.74, 6) is -0.0159. The van der Waals surface area contributed by atoms with E-state index in [2.05, 4.69) is 31.9 Å². The minimum absolute atomic E-state index is 0.00430. The molecule has 2 aromatic rings. The van der Waals surface area contributed by atoms with Crippen molar-refractivity contribution in [2.24, 2.45) is 7.05 Å². The maximum atomic E-state index is 11.5. The summed E-state index contributed by atoms with van der Waals surface area (Å²) in [6.45, 7) is 6.43. The van der Waals surface area contributed by atoms with Crippen molar-refractivity contribution in [2.45, 2.75) is 31.9 Å². The molecule has 0 saturated carbocycles. The number of benzene rings is 1. The Balaban J connectivity index is 2.74.